The van der Waals surface area contributed by atoms with Gasteiger partial charge in [-0.15, -0.1) is 0 Å². The lowest BCUT2D eigenvalue weighted by molar-refractivity contribution is -0.146. The number of aromatic nitrogens is 3. The van der Waals surface area contributed by atoms with Crippen LogP contribution in [-0.4, -0.2) is 33.4 Å². The zero-order chi connectivity index (χ0) is 25.8. The average molecular weight is 567 g/mol. The van der Waals surface area contributed by atoms with E-state index in [1.54, 1.807) is 4.68 Å². The summed E-state index contributed by atoms with van der Waals surface area (Å²) in [5.74, 6) is 1.42. The Labute approximate surface area is 225 Å². The Morgan fingerprint density at radius 1 is 1.14 bits per heavy atom. The van der Waals surface area contributed by atoms with E-state index in [9.17, 15) is 4.79 Å². The van der Waals surface area contributed by atoms with Gasteiger partial charge in [-0.1, -0.05) is 36.8 Å². The molecule has 5 rings (SSSR count). The highest BCUT2D eigenvalue weighted by atomic mass is 79.9. The summed E-state index contributed by atoms with van der Waals surface area (Å²) in [5.41, 5.74) is 3.07. The van der Waals surface area contributed by atoms with Crippen molar-refractivity contribution in [2.75, 3.05) is 11.9 Å². The minimum absolute atomic E-state index is 0.0566. The summed E-state index contributed by atoms with van der Waals surface area (Å²) >= 11 is 3.69. The number of anilines is 1. The largest absolute Gasteiger partial charge is 0.490 e. The molecule has 1 saturated carbocycles. The Morgan fingerprint density at radius 3 is 2.68 bits per heavy atom. The van der Waals surface area contributed by atoms with Gasteiger partial charge in [0.15, 0.2) is 11.5 Å². The summed E-state index contributed by atoms with van der Waals surface area (Å²) in [6, 6.07) is 13.3. The maximum atomic E-state index is 13.6. The van der Waals surface area contributed by atoms with E-state index in [0.29, 0.717) is 41.9 Å². The van der Waals surface area contributed by atoms with Crippen LogP contribution in [0.1, 0.15) is 63.1 Å². The molecular formula is C28H31BrN4O4. The number of rotatable bonds is 8. The van der Waals surface area contributed by atoms with Gasteiger partial charge in [-0.05, 0) is 78.7 Å². The van der Waals surface area contributed by atoms with E-state index in [1.807, 2.05) is 56.3 Å². The number of nitrogens with zero attached hydrogens (tertiary/aromatic N) is 3. The van der Waals surface area contributed by atoms with Gasteiger partial charge in [-0.2, -0.15) is 10.1 Å². The summed E-state index contributed by atoms with van der Waals surface area (Å²) < 4.78 is 20.6. The Kier molecular flexibility index (Phi) is 7.79. The third-order valence-corrected chi connectivity index (χ3v) is 7.30. The first kappa shape index (κ1) is 25.3. The molecule has 0 spiro atoms. The van der Waals surface area contributed by atoms with Crippen LogP contribution in [0.3, 0.4) is 0 Å². The van der Waals surface area contributed by atoms with Crippen LogP contribution in [0.15, 0.2) is 64.5 Å². The van der Waals surface area contributed by atoms with Crippen molar-refractivity contribution >= 4 is 27.8 Å². The molecule has 2 heterocycles. The Morgan fingerprint density at radius 2 is 1.92 bits per heavy atom. The highest BCUT2D eigenvalue weighted by molar-refractivity contribution is 9.10. The van der Waals surface area contributed by atoms with Crippen molar-refractivity contribution in [1.82, 2.24) is 14.8 Å². The molecule has 8 nitrogen and oxygen atoms in total. The number of benzene rings is 2. The topological polar surface area (TPSA) is 87.5 Å². The summed E-state index contributed by atoms with van der Waals surface area (Å²) in [4.78, 5) is 17.9. The second-order valence-corrected chi connectivity index (χ2v) is 10.2. The van der Waals surface area contributed by atoms with Crippen LogP contribution < -0.4 is 14.8 Å². The van der Waals surface area contributed by atoms with Crippen molar-refractivity contribution in [2.24, 2.45) is 0 Å². The normalized spacial score (nSPS) is 17.6. The molecule has 2 aliphatic rings. The Bertz CT molecular complexity index is 1280. The van der Waals surface area contributed by atoms with Gasteiger partial charge in [0.05, 0.1) is 16.7 Å². The van der Waals surface area contributed by atoms with Gasteiger partial charge in [0.25, 0.3) is 0 Å². The van der Waals surface area contributed by atoms with Crippen LogP contribution in [0.2, 0.25) is 0 Å². The fraction of sp³-hybridized carbons (Fsp3) is 0.393. The number of hydrogen-bond donors (Lipinski definition) is 1. The van der Waals surface area contributed by atoms with E-state index < -0.39 is 6.04 Å². The molecule has 37 heavy (non-hydrogen) atoms. The van der Waals surface area contributed by atoms with Crippen LogP contribution in [-0.2, 0) is 16.1 Å². The SMILES string of the molecule is CCOc1cc(C2C(C(=O)OC3CCCCC3)=C(C)Nc3ncnn32)cc(Br)c1OCc1ccccc1. The predicted molar refractivity (Wildman–Crippen MR) is 144 cm³/mol. The van der Waals surface area contributed by atoms with Crippen molar-refractivity contribution in [3.8, 4) is 11.5 Å². The van der Waals surface area contributed by atoms with E-state index in [4.69, 9.17) is 14.2 Å². The molecule has 0 saturated heterocycles. The van der Waals surface area contributed by atoms with Gasteiger partial charge >= 0.3 is 5.97 Å². The molecular weight excluding hydrogens is 536 g/mol. The van der Waals surface area contributed by atoms with Gasteiger partial charge in [-0.25, -0.2) is 9.48 Å². The molecule has 1 aromatic heterocycles. The van der Waals surface area contributed by atoms with Crippen molar-refractivity contribution in [3.63, 3.8) is 0 Å². The second kappa shape index (κ2) is 11.4. The third kappa shape index (κ3) is 5.51. The first-order chi connectivity index (χ1) is 18.0. The summed E-state index contributed by atoms with van der Waals surface area (Å²) in [6.07, 6.45) is 6.58. The molecule has 1 aliphatic carbocycles. The minimum atomic E-state index is -0.534. The lowest BCUT2D eigenvalue weighted by atomic mass is 9.94. The number of hydrogen-bond acceptors (Lipinski definition) is 7. The zero-order valence-electron chi connectivity index (χ0n) is 21.1. The van der Waals surface area contributed by atoms with Crippen molar-refractivity contribution in [2.45, 2.75) is 64.7 Å². The van der Waals surface area contributed by atoms with Gasteiger partial charge < -0.3 is 19.5 Å². The third-order valence-electron chi connectivity index (χ3n) is 6.71. The molecule has 1 unspecified atom stereocenters. The fourth-order valence-corrected chi connectivity index (χ4v) is 5.51. The monoisotopic (exact) mass is 566 g/mol. The first-order valence-corrected chi connectivity index (χ1v) is 13.6. The summed E-state index contributed by atoms with van der Waals surface area (Å²) in [7, 11) is 0. The molecule has 1 atom stereocenters. The molecule has 0 bridgehead atoms. The molecule has 194 valence electrons. The molecule has 1 aliphatic heterocycles. The van der Waals surface area contributed by atoms with E-state index >= 15 is 0 Å². The van der Waals surface area contributed by atoms with Crippen molar-refractivity contribution < 1.29 is 19.0 Å². The average Bonchev–Trinajstić information content (AvgIpc) is 3.36. The summed E-state index contributed by atoms with van der Waals surface area (Å²) in [5, 5.41) is 7.66. The fourth-order valence-electron chi connectivity index (χ4n) is 4.94. The number of allylic oxidation sites excluding steroid dienone is 1. The van der Waals surface area contributed by atoms with E-state index in [1.165, 1.54) is 12.7 Å². The van der Waals surface area contributed by atoms with Gasteiger partial charge in [0.2, 0.25) is 5.95 Å². The molecule has 0 radical (unpaired) electrons. The van der Waals surface area contributed by atoms with Gasteiger partial charge in [0, 0.05) is 5.70 Å². The van der Waals surface area contributed by atoms with E-state index in [0.717, 1.165) is 41.3 Å². The number of nitrogens with one attached hydrogen (secondary N) is 1. The Balaban J connectivity index is 1.50. The lowest BCUT2D eigenvalue weighted by Crippen LogP contribution is -2.32. The van der Waals surface area contributed by atoms with Gasteiger partial charge in [0.1, 0.15) is 25.1 Å². The number of carbonyl (C=O) groups excluding carboxylic acids is 1. The Hall–Kier alpha value is -3.33. The molecule has 0 amide bonds. The summed E-state index contributed by atoms with van der Waals surface area (Å²) in [6.45, 7) is 4.67. The molecule has 1 fully saturated rings. The van der Waals surface area contributed by atoms with E-state index in [2.05, 4.69) is 31.3 Å². The van der Waals surface area contributed by atoms with Crippen LogP contribution in [0.5, 0.6) is 11.5 Å². The lowest BCUT2D eigenvalue weighted by Gasteiger charge is -2.30. The van der Waals surface area contributed by atoms with Crippen molar-refractivity contribution in [3.05, 3.63) is 75.7 Å². The van der Waals surface area contributed by atoms with Gasteiger partial charge in [-0.3, -0.25) is 0 Å². The van der Waals surface area contributed by atoms with Crippen molar-refractivity contribution in [1.29, 1.82) is 0 Å². The molecule has 1 N–H and O–H groups in total. The smallest absolute Gasteiger partial charge is 0.338 e. The standard InChI is InChI=1S/C28H31BrN4O4/c1-3-35-23-15-20(14-22(29)26(23)36-16-19-10-6-4-7-11-19)25-24(18(2)32-28-30-17-31-33(25)28)27(34)37-21-12-8-5-9-13-21/h4,6-7,10-11,14-15,17,21,25H,3,5,8-9,12-13,16H2,1-2H3,(H,30,31,32). The number of halogens is 1. The highest BCUT2D eigenvalue weighted by Crippen LogP contribution is 2.43. The number of carbonyl (C=O) groups is 1. The number of fused-ring (bicyclic) bond motifs is 1. The van der Waals surface area contributed by atoms with Crippen LogP contribution in [0.25, 0.3) is 0 Å². The van der Waals surface area contributed by atoms with Crippen LogP contribution in [0, 0.1) is 0 Å². The number of esters is 1. The van der Waals surface area contributed by atoms with E-state index in [-0.39, 0.29) is 12.1 Å². The van der Waals surface area contributed by atoms with Crippen LogP contribution in [0.4, 0.5) is 5.95 Å². The number of ether oxygens (including phenoxy) is 3. The predicted octanol–water partition coefficient (Wildman–Crippen LogP) is 6.18. The van der Waals surface area contributed by atoms with Crippen LogP contribution >= 0.6 is 15.9 Å². The maximum absolute atomic E-state index is 13.6. The maximum Gasteiger partial charge on any atom is 0.338 e. The molecule has 3 aromatic rings. The second-order valence-electron chi connectivity index (χ2n) is 9.30. The highest BCUT2D eigenvalue weighted by Gasteiger charge is 2.36. The minimum Gasteiger partial charge on any atom is -0.490 e. The molecule has 2 aromatic carbocycles. The zero-order valence-corrected chi connectivity index (χ0v) is 22.7. The quantitative estimate of drug-likeness (QED) is 0.325. The molecule has 9 heteroatoms. The first-order valence-electron chi connectivity index (χ1n) is 12.8.